The second kappa shape index (κ2) is 8.53. The largest absolute Gasteiger partial charge is 0.496 e. The van der Waals surface area contributed by atoms with E-state index in [0.29, 0.717) is 11.5 Å². The Balaban J connectivity index is 1.55. The van der Waals surface area contributed by atoms with Gasteiger partial charge in [-0.3, -0.25) is 5.43 Å². The molecule has 0 aliphatic heterocycles. The van der Waals surface area contributed by atoms with Gasteiger partial charge in [0.1, 0.15) is 5.75 Å². The zero-order valence-corrected chi connectivity index (χ0v) is 17.5. The Kier molecular flexibility index (Phi) is 5.67. The number of nitrogens with one attached hydrogen (secondary N) is 1. The Morgan fingerprint density at radius 1 is 0.966 bits per heavy atom. The van der Waals surface area contributed by atoms with Crippen molar-refractivity contribution in [1.29, 1.82) is 0 Å². The maximum atomic E-state index is 5.51. The van der Waals surface area contributed by atoms with Crippen LogP contribution in [0.2, 0.25) is 0 Å². The number of fused-ring (bicyclic) bond motifs is 1. The monoisotopic (exact) mass is 409 g/mol. The van der Waals surface area contributed by atoms with Crippen molar-refractivity contribution in [2.24, 2.45) is 5.10 Å². The van der Waals surface area contributed by atoms with E-state index in [9.17, 15) is 0 Å². The average molecular weight is 410 g/mol. The molecule has 0 unspecified atom stereocenters. The summed E-state index contributed by atoms with van der Waals surface area (Å²) in [5, 5.41) is 7.40. The minimum atomic E-state index is 0.681. The zero-order chi connectivity index (χ0) is 20.2. The van der Waals surface area contributed by atoms with E-state index in [1.54, 1.807) is 21.3 Å². The predicted octanol–water partition coefficient (Wildman–Crippen LogP) is 4.99. The first-order chi connectivity index (χ1) is 14.2. The summed E-state index contributed by atoms with van der Waals surface area (Å²) in [6.45, 7) is 0. The van der Waals surface area contributed by atoms with Crippen molar-refractivity contribution in [2.75, 3.05) is 26.8 Å². The Morgan fingerprint density at radius 3 is 2.59 bits per heavy atom. The summed E-state index contributed by atoms with van der Waals surface area (Å²) < 4.78 is 16.2. The summed E-state index contributed by atoms with van der Waals surface area (Å²) in [6, 6.07) is 11.9. The molecule has 0 radical (unpaired) electrons. The van der Waals surface area contributed by atoms with Gasteiger partial charge in [0, 0.05) is 22.1 Å². The van der Waals surface area contributed by atoms with E-state index in [1.807, 2.05) is 35.7 Å². The SMILES string of the molecule is COc1ccc(-c2csc(N/N=C3/CCCc4c(OC)cccc43)n2)cc1OC. The third-order valence-corrected chi connectivity index (χ3v) is 5.72. The maximum absolute atomic E-state index is 5.51. The van der Waals surface area contributed by atoms with E-state index in [1.165, 1.54) is 16.9 Å². The molecule has 4 rings (SSSR count). The fraction of sp³-hybridized carbons (Fsp3) is 0.273. The van der Waals surface area contributed by atoms with Crippen LogP contribution < -0.4 is 19.6 Å². The second-order valence-corrected chi connectivity index (χ2v) is 7.48. The van der Waals surface area contributed by atoms with Crippen LogP contribution in [0, 0.1) is 0 Å². The molecular formula is C22H23N3O3S. The van der Waals surface area contributed by atoms with Crippen LogP contribution in [-0.2, 0) is 6.42 Å². The van der Waals surface area contributed by atoms with E-state index >= 15 is 0 Å². The number of benzene rings is 2. The highest BCUT2D eigenvalue weighted by Crippen LogP contribution is 2.34. The van der Waals surface area contributed by atoms with Gasteiger partial charge in [-0.1, -0.05) is 12.1 Å². The first-order valence-electron chi connectivity index (χ1n) is 9.40. The average Bonchev–Trinajstić information content (AvgIpc) is 3.25. The van der Waals surface area contributed by atoms with Gasteiger partial charge in [0.15, 0.2) is 11.5 Å². The fourth-order valence-electron chi connectivity index (χ4n) is 3.54. The quantitative estimate of drug-likeness (QED) is 0.581. The Labute approximate surface area is 174 Å². The molecule has 0 bridgehead atoms. The molecule has 1 aromatic heterocycles. The molecule has 7 heteroatoms. The van der Waals surface area contributed by atoms with Crippen molar-refractivity contribution in [2.45, 2.75) is 19.3 Å². The summed E-state index contributed by atoms with van der Waals surface area (Å²) in [4.78, 5) is 4.66. The highest BCUT2D eigenvalue weighted by Gasteiger charge is 2.19. The van der Waals surface area contributed by atoms with Crippen molar-refractivity contribution in [3.63, 3.8) is 0 Å². The van der Waals surface area contributed by atoms with Crippen LogP contribution in [0.5, 0.6) is 17.2 Å². The van der Waals surface area contributed by atoms with Gasteiger partial charge in [-0.2, -0.15) is 5.10 Å². The molecule has 29 heavy (non-hydrogen) atoms. The molecule has 0 fully saturated rings. The fourth-order valence-corrected chi connectivity index (χ4v) is 4.20. The summed E-state index contributed by atoms with van der Waals surface area (Å²) in [6.07, 6.45) is 3.00. The first-order valence-corrected chi connectivity index (χ1v) is 10.3. The van der Waals surface area contributed by atoms with E-state index in [2.05, 4.69) is 21.6 Å². The molecule has 0 saturated heterocycles. The molecule has 1 heterocycles. The molecule has 0 saturated carbocycles. The lowest BCUT2D eigenvalue weighted by Gasteiger charge is -2.20. The Hall–Kier alpha value is -3.06. The van der Waals surface area contributed by atoms with Crippen LogP contribution in [-0.4, -0.2) is 32.0 Å². The number of hydrazone groups is 1. The van der Waals surface area contributed by atoms with Crippen molar-refractivity contribution in [3.8, 4) is 28.5 Å². The summed E-state index contributed by atoms with van der Waals surface area (Å²) >= 11 is 1.52. The lowest BCUT2D eigenvalue weighted by atomic mass is 9.89. The Bertz CT molecular complexity index is 1050. The van der Waals surface area contributed by atoms with E-state index < -0.39 is 0 Å². The molecular weight excluding hydrogens is 386 g/mol. The first kappa shape index (κ1) is 19.3. The van der Waals surface area contributed by atoms with Gasteiger partial charge in [-0.15, -0.1) is 11.3 Å². The van der Waals surface area contributed by atoms with Crippen LogP contribution in [0.15, 0.2) is 46.9 Å². The zero-order valence-electron chi connectivity index (χ0n) is 16.7. The third kappa shape index (κ3) is 3.91. The van der Waals surface area contributed by atoms with Crippen LogP contribution in [0.25, 0.3) is 11.3 Å². The van der Waals surface area contributed by atoms with E-state index in [4.69, 9.17) is 14.2 Å². The van der Waals surface area contributed by atoms with Gasteiger partial charge in [0.2, 0.25) is 5.13 Å². The molecule has 0 amide bonds. The van der Waals surface area contributed by atoms with Crippen LogP contribution in [0.1, 0.15) is 24.0 Å². The number of hydrogen-bond donors (Lipinski definition) is 1. The summed E-state index contributed by atoms with van der Waals surface area (Å²) in [5.74, 6) is 2.31. The number of anilines is 1. The molecule has 6 nitrogen and oxygen atoms in total. The van der Waals surface area contributed by atoms with E-state index in [0.717, 1.165) is 52.7 Å². The smallest absolute Gasteiger partial charge is 0.203 e. The van der Waals surface area contributed by atoms with Crippen molar-refractivity contribution in [1.82, 2.24) is 4.98 Å². The Morgan fingerprint density at radius 2 is 1.79 bits per heavy atom. The van der Waals surface area contributed by atoms with Crippen LogP contribution in [0.3, 0.4) is 0 Å². The minimum absolute atomic E-state index is 0.681. The molecule has 1 aliphatic carbocycles. The maximum Gasteiger partial charge on any atom is 0.203 e. The van der Waals surface area contributed by atoms with Gasteiger partial charge in [0.05, 0.1) is 32.7 Å². The highest BCUT2D eigenvalue weighted by atomic mass is 32.1. The summed E-state index contributed by atoms with van der Waals surface area (Å²) in [7, 11) is 4.97. The molecule has 0 atom stereocenters. The number of nitrogens with zero attached hydrogens (tertiary/aromatic N) is 2. The summed E-state index contributed by atoms with van der Waals surface area (Å²) in [5.41, 5.74) is 8.38. The number of hydrogen-bond acceptors (Lipinski definition) is 7. The molecule has 3 aromatic rings. The minimum Gasteiger partial charge on any atom is -0.496 e. The van der Waals surface area contributed by atoms with Gasteiger partial charge in [0.25, 0.3) is 0 Å². The molecule has 1 N–H and O–H groups in total. The second-order valence-electron chi connectivity index (χ2n) is 6.62. The van der Waals surface area contributed by atoms with E-state index in [-0.39, 0.29) is 0 Å². The predicted molar refractivity (Wildman–Crippen MR) is 117 cm³/mol. The van der Waals surface area contributed by atoms with Gasteiger partial charge >= 0.3 is 0 Å². The number of thiazole rings is 1. The number of aromatic nitrogens is 1. The number of methoxy groups -OCH3 is 3. The number of ether oxygens (including phenoxy) is 3. The normalized spacial score (nSPS) is 14.4. The topological polar surface area (TPSA) is 65.0 Å². The number of rotatable bonds is 6. The van der Waals surface area contributed by atoms with Gasteiger partial charge < -0.3 is 14.2 Å². The third-order valence-electron chi connectivity index (χ3n) is 4.97. The van der Waals surface area contributed by atoms with Crippen molar-refractivity contribution >= 4 is 22.2 Å². The van der Waals surface area contributed by atoms with Crippen molar-refractivity contribution < 1.29 is 14.2 Å². The standard InChI is InChI=1S/C22H23N3O3S/c1-26-19-9-5-6-15-16(19)7-4-8-17(15)24-25-22-23-18(13-29-22)14-10-11-20(27-2)21(12-14)28-3/h5-6,9-13H,4,7-8H2,1-3H3,(H,23,25)/b24-17-. The molecule has 1 aliphatic rings. The van der Waals surface area contributed by atoms with Gasteiger partial charge in [-0.25, -0.2) is 4.98 Å². The molecule has 2 aromatic carbocycles. The van der Waals surface area contributed by atoms with Crippen LogP contribution >= 0.6 is 11.3 Å². The van der Waals surface area contributed by atoms with Crippen molar-refractivity contribution in [3.05, 3.63) is 52.9 Å². The van der Waals surface area contributed by atoms with Crippen LogP contribution in [0.4, 0.5) is 5.13 Å². The molecule has 0 spiro atoms. The van der Waals surface area contributed by atoms with Gasteiger partial charge in [-0.05, 0) is 43.5 Å². The highest BCUT2D eigenvalue weighted by molar-refractivity contribution is 7.14. The lowest BCUT2D eigenvalue weighted by Crippen LogP contribution is -2.14. The lowest BCUT2D eigenvalue weighted by molar-refractivity contribution is 0.355. The molecule has 150 valence electrons.